The van der Waals surface area contributed by atoms with E-state index in [2.05, 4.69) is 11.1 Å². The number of aromatic nitrogens is 1. The lowest BCUT2D eigenvalue weighted by atomic mass is 9.84. The molecule has 2 rings (SSSR count). The minimum atomic E-state index is -0.216. The molecule has 16 heavy (non-hydrogen) atoms. The molecule has 0 fully saturated rings. The van der Waals surface area contributed by atoms with Crippen LogP contribution < -0.4 is 11.5 Å². The van der Waals surface area contributed by atoms with Crippen molar-refractivity contribution in [3.05, 3.63) is 23.4 Å². The fourth-order valence-electron chi connectivity index (χ4n) is 2.28. The van der Waals surface area contributed by atoms with Crippen LogP contribution in [-0.2, 0) is 17.6 Å². The molecule has 0 aliphatic heterocycles. The fourth-order valence-corrected chi connectivity index (χ4v) is 2.28. The number of carbonyl (C=O) groups excluding carboxylic acids is 1. The van der Waals surface area contributed by atoms with E-state index in [9.17, 15) is 4.79 Å². The van der Waals surface area contributed by atoms with Gasteiger partial charge in [0.2, 0.25) is 5.91 Å². The number of anilines is 1. The summed E-state index contributed by atoms with van der Waals surface area (Å²) in [6.45, 7) is 0. The van der Waals surface area contributed by atoms with Gasteiger partial charge in [-0.25, -0.2) is 4.98 Å². The van der Waals surface area contributed by atoms with Crippen LogP contribution in [0.4, 0.5) is 5.82 Å². The van der Waals surface area contributed by atoms with Gasteiger partial charge in [0.25, 0.3) is 0 Å². The number of hydrogen-bond acceptors (Lipinski definition) is 3. The Bertz CT molecular complexity index is 403. The van der Waals surface area contributed by atoms with Crippen molar-refractivity contribution in [1.29, 1.82) is 0 Å². The largest absolute Gasteiger partial charge is 0.384 e. The third-order valence-electron chi connectivity index (χ3n) is 3.19. The maximum absolute atomic E-state index is 10.7. The first-order valence-electron chi connectivity index (χ1n) is 5.67. The molecule has 0 aromatic carbocycles. The summed E-state index contributed by atoms with van der Waals surface area (Å²) >= 11 is 0. The van der Waals surface area contributed by atoms with Gasteiger partial charge in [-0.15, -0.1) is 0 Å². The molecule has 0 radical (unpaired) electrons. The van der Waals surface area contributed by atoms with E-state index in [0.29, 0.717) is 18.2 Å². The Labute approximate surface area is 95.0 Å². The van der Waals surface area contributed by atoms with Crippen LogP contribution in [0.3, 0.4) is 0 Å². The Balaban J connectivity index is 2.02. The quantitative estimate of drug-likeness (QED) is 0.796. The maximum atomic E-state index is 10.7. The number of carbonyl (C=O) groups is 1. The molecule has 1 heterocycles. The summed E-state index contributed by atoms with van der Waals surface area (Å²) in [5, 5.41) is 0. The van der Waals surface area contributed by atoms with E-state index in [1.807, 2.05) is 6.07 Å². The Morgan fingerprint density at radius 3 is 3.06 bits per heavy atom. The molecule has 1 unspecified atom stereocenters. The first kappa shape index (κ1) is 10.9. The third kappa shape index (κ3) is 2.51. The number of rotatable bonds is 3. The number of primary amides is 1. The van der Waals surface area contributed by atoms with Crippen LogP contribution in [0.1, 0.15) is 30.5 Å². The van der Waals surface area contributed by atoms with Crippen LogP contribution in [0.15, 0.2) is 12.1 Å². The summed E-state index contributed by atoms with van der Waals surface area (Å²) in [5.74, 6) is 0.884. The summed E-state index contributed by atoms with van der Waals surface area (Å²) < 4.78 is 0. The van der Waals surface area contributed by atoms with Gasteiger partial charge in [0.1, 0.15) is 5.82 Å². The number of fused-ring (bicyclic) bond motifs is 1. The molecule has 1 amide bonds. The highest BCUT2D eigenvalue weighted by atomic mass is 16.1. The second-order valence-corrected chi connectivity index (χ2v) is 4.46. The van der Waals surface area contributed by atoms with Crippen molar-refractivity contribution in [1.82, 2.24) is 4.98 Å². The minimum absolute atomic E-state index is 0.216. The molecule has 0 saturated carbocycles. The van der Waals surface area contributed by atoms with Crippen molar-refractivity contribution >= 4 is 11.7 Å². The topological polar surface area (TPSA) is 82.0 Å². The lowest BCUT2D eigenvalue weighted by Gasteiger charge is -2.23. The van der Waals surface area contributed by atoms with Crippen LogP contribution in [0.5, 0.6) is 0 Å². The highest BCUT2D eigenvalue weighted by Crippen LogP contribution is 2.27. The number of nitrogen functional groups attached to an aromatic ring is 1. The van der Waals surface area contributed by atoms with Gasteiger partial charge in [-0.3, -0.25) is 4.79 Å². The fraction of sp³-hybridized carbons (Fsp3) is 0.500. The molecule has 0 spiro atoms. The van der Waals surface area contributed by atoms with Crippen LogP contribution in [0.2, 0.25) is 0 Å². The smallest absolute Gasteiger partial charge is 0.217 e. The van der Waals surface area contributed by atoms with Crippen LogP contribution in [-0.4, -0.2) is 10.9 Å². The summed E-state index contributed by atoms with van der Waals surface area (Å²) in [5.41, 5.74) is 13.2. The van der Waals surface area contributed by atoms with Gasteiger partial charge in [0, 0.05) is 12.1 Å². The predicted octanol–water partition coefficient (Wildman–Crippen LogP) is 1.03. The second kappa shape index (κ2) is 4.51. The molecule has 86 valence electrons. The standard InChI is InChI=1S/C12H17N3O/c13-11-5-4-9-3-1-8(2-6-12(14)16)7-10(9)15-11/h4-5,8H,1-3,6-7H2,(H2,13,15)(H2,14,16). The average molecular weight is 219 g/mol. The van der Waals surface area contributed by atoms with Crippen molar-refractivity contribution in [2.24, 2.45) is 11.7 Å². The van der Waals surface area contributed by atoms with Gasteiger partial charge < -0.3 is 11.5 Å². The van der Waals surface area contributed by atoms with Crippen molar-refractivity contribution in [3.8, 4) is 0 Å². The first-order valence-corrected chi connectivity index (χ1v) is 5.67. The molecule has 1 aliphatic rings. The number of aryl methyl sites for hydroxylation is 1. The summed E-state index contributed by atoms with van der Waals surface area (Å²) in [4.78, 5) is 15.1. The third-order valence-corrected chi connectivity index (χ3v) is 3.19. The summed E-state index contributed by atoms with van der Waals surface area (Å²) in [6.07, 6.45) is 4.42. The van der Waals surface area contributed by atoms with Crippen molar-refractivity contribution in [2.45, 2.75) is 32.1 Å². The van der Waals surface area contributed by atoms with Gasteiger partial charge in [0.15, 0.2) is 0 Å². The maximum Gasteiger partial charge on any atom is 0.217 e. The van der Waals surface area contributed by atoms with Crippen LogP contribution in [0.25, 0.3) is 0 Å². The van der Waals surface area contributed by atoms with Gasteiger partial charge >= 0.3 is 0 Å². The predicted molar refractivity (Wildman–Crippen MR) is 62.6 cm³/mol. The van der Waals surface area contributed by atoms with E-state index >= 15 is 0 Å². The molecule has 4 heteroatoms. The van der Waals surface area contributed by atoms with E-state index in [-0.39, 0.29) is 5.91 Å². The number of pyridine rings is 1. The second-order valence-electron chi connectivity index (χ2n) is 4.46. The lowest BCUT2D eigenvalue weighted by molar-refractivity contribution is -0.118. The van der Waals surface area contributed by atoms with Crippen LogP contribution in [0, 0.1) is 5.92 Å². The number of nitrogens with zero attached hydrogens (tertiary/aromatic N) is 1. The highest BCUT2D eigenvalue weighted by molar-refractivity contribution is 5.73. The Morgan fingerprint density at radius 1 is 1.50 bits per heavy atom. The molecule has 0 saturated heterocycles. The molecule has 1 atom stereocenters. The summed E-state index contributed by atoms with van der Waals surface area (Å²) in [6, 6.07) is 3.91. The molecular weight excluding hydrogens is 202 g/mol. The monoisotopic (exact) mass is 219 g/mol. The normalized spacial score (nSPS) is 19.1. The zero-order chi connectivity index (χ0) is 11.5. The Hall–Kier alpha value is -1.58. The summed E-state index contributed by atoms with van der Waals surface area (Å²) in [7, 11) is 0. The van der Waals surface area contributed by atoms with Crippen LogP contribution >= 0.6 is 0 Å². The zero-order valence-electron chi connectivity index (χ0n) is 9.28. The number of hydrogen-bond donors (Lipinski definition) is 2. The van der Waals surface area contributed by atoms with E-state index in [4.69, 9.17) is 11.5 Å². The highest BCUT2D eigenvalue weighted by Gasteiger charge is 2.20. The van der Waals surface area contributed by atoms with Gasteiger partial charge in [-0.2, -0.15) is 0 Å². The van der Waals surface area contributed by atoms with Crippen molar-refractivity contribution < 1.29 is 4.79 Å². The number of nitrogens with two attached hydrogens (primary N) is 2. The molecule has 1 aromatic heterocycles. The molecule has 4 N–H and O–H groups in total. The average Bonchev–Trinajstić information content (AvgIpc) is 2.25. The number of amides is 1. The van der Waals surface area contributed by atoms with Gasteiger partial charge in [-0.1, -0.05) is 6.07 Å². The minimum Gasteiger partial charge on any atom is -0.384 e. The van der Waals surface area contributed by atoms with E-state index in [0.717, 1.165) is 31.4 Å². The van der Waals surface area contributed by atoms with Crippen molar-refractivity contribution in [3.63, 3.8) is 0 Å². The molecule has 0 bridgehead atoms. The SMILES string of the molecule is NC(=O)CCC1CCc2ccc(N)nc2C1. The molecule has 1 aromatic rings. The zero-order valence-corrected chi connectivity index (χ0v) is 9.28. The Kier molecular flexibility index (Phi) is 3.08. The van der Waals surface area contributed by atoms with Gasteiger partial charge in [0.05, 0.1) is 0 Å². The molecular formula is C12H17N3O. The lowest BCUT2D eigenvalue weighted by Crippen LogP contribution is -2.19. The molecule has 1 aliphatic carbocycles. The van der Waals surface area contributed by atoms with E-state index in [1.165, 1.54) is 5.56 Å². The first-order chi connectivity index (χ1) is 7.65. The molecule has 4 nitrogen and oxygen atoms in total. The van der Waals surface area contributed by atoms with E-state index < -0.39 is 0 Å². The van der Waals surface area contributed by atoms with Gasteiger partial charge in [-0.05, 0) is 43.2 Å². The van der Waals surface area contributed by atoms with Crippen molar-refractivity contribution in [2.75, 3.05) is 5.73 Å². The Morgan fingerprint density at radius 2 is 2.31 bits per heavy atom. The van der Waals surface area contributed by atoms with E-state index in [1.54, 1.807) is 0 Å².